The molecule has 1 aromatic rings. The Balaban J connectivity index is 2.28. The van der Waals surface area contributed by atoms with Crippen molar-refractivity contribution in [3.63, 3.8) is 0 Å². The molecule has 0 aromatic carbocycles. The van der Waals surface area contributed by atoms with Crippen LogP contribution in [0, 0.1) is 5.92 Å². The van der Waals surface area contributed by atoms with Crippen LogP contribution in [-0.4, -0.2) is 16.1 Å². The van der Waals surface area contributed by atoms with Gasteiger partial charge in [0.2, 0.25) is 0 Å². The monoisotopic (exact) mass is 240 g/mol. The molecular weight excluding hydrogens is 224 g/mol. The zero-order chi connectivity index (χ0) is 11.7. The SMILES string of the molecule is CC1CCCC(c2sc(N)nc2C(=O)O)C1. The largest absolute Gasteiger partial charge is 0.476 e. The van der Waals surface area contributed by atoms with Crippen LogP contribution < -0.4 is 5.73 Å². The standard InChI is InChI=1S/C11H16N2O2S/c1-6-3-2-4-7(5-6)9-8(10(14)15)13-11(12)16-9/h6-7H,2-5H2,1H3,(H2,12,13)(H,14,15). The van der Waals surface area contributed by atoms with E-state index in [0.29, 0.717) is 17.0 Å². The lowest BCUT2D eigenvalue weighted by Crippen LogP contribution is -2.13. The maximum absolute atomic E-state index is 11.0. The highest BCUT2D eigenvalue weighted by molar-refractivity contribution is 7.15. The highest BCUT2D eigenvalue weighted by Gasteiger charge is 2.27. The number of carboxylic acid groups (broad SMARTS) is 1. The molecule has 0 aliphatic heterocycles. The van der Waals surface area contributed by atoms with Crippen LogP contribution in [0.5, 0.6) is 0 Å². The Morgan fingerprint density at radius 1 is 1.56 bits per heavy atom. The summed E-state index contributed by atoms with van der Waals surface area (Å²) in [5.74, 6) is 0.0505. The van der Waals surface area contributed by atoms with Gasteiger partial charge in [-0.1, -0.05) is 19.8 Å². The summed E-state index contributed by atoms with van der Waals surface area (Å²) >= 11 is 1.34. The second kappa shape index (κ2) is 4.41. The van der Waals surface area contributed by atoms with Crippen molar-refractivity contribution in [3.8, 4) is 0 Å². The number of nitrogen functional groups attached to an aromatic ring is 1. The number of nitrogens with zero attached hydrogens (tertiary/aromatic N) is 1. The molecule has 2 atom stereocenters. The Morgan fingerprint density at radius 2 is 2.31 bits per heavy atom. The Hall–Kier alpha value is -1.10. The lowest BCUT2D eigenvalue weighted by atomic mass is 9.81. The van der Waals surface area contributed by atoms with Gasteiger partial charge in [-0.3, -0.25) is 0 Å². The van der Waals surface area contributed by atoms with Crippen molar-refractivity contribution in [2.24, 2.45) is 5.92 Å². The van der Waals surface area contributed by atoms with E-state index in [0.717, 1.165) is 17.7 Å². The molecular formula is C11H16N2O2S. The molecule has 2 rings (SSSR count). The molecule has 2 unspecified atom stereocenters. The van der Waals surface area contributed by atoms with E-state index in [1.165, 1.54) is 24.2 Å². The number of rotatable bonds is 2. The first-order valence-electron chi connectivity index (χ1n) is 5.57. The zero-order valence-corrected chi connectivity index (χ0v) is 10.1. The van der Waals surface area contributed by atoms with Gasteiger partial charge in [-0.05, 0) is 24.7 Å². The number of hydrogen-bond acceptors (Lipinski definition) is 4. The molecule has 0 saturated heterocycles. The molecule has 0 spiro atoms. The van der Waals surface area contributed by atoms with Crippen molar-refractivity contribution >= 4 is 22.4 Å². The normalized spacial score (nSPS) is 25.6. The van der Waals surface area contributed by atoms with Gasteiger partial charge >= 0.3 is 5.97 Å². The number of aromatic carboxylic acids is 1. The van der Waals surface area contributed by atoms with Gasteiger partial charge in [-0.2, -0.15) is 0 Å². The summed E-state index contributed by atoms with van der Waals surface area (Å²) in [4.78, 5) is 15.8. The fourth-order valence-corrected chi connectivity index (χ4v) is 3.42. The van der Waals surface area contributed by atoms with E-state index < -0.39 is 5.97 Å². The molecule has 1 aliphatic carbocycles. The predicted octanol–water partition coefficient (Wildman–Crippen LogP) is 2.72. The number of aromatic nitrogens is 1. The van der Waals surface area contributed by atoms with Crippen molar-refractivity contribution in [1.29, 1.82) is 0 Å². The van der Waals surface area contributed by atoms with Gasteiger partial charge in [0.25, 0.3) is 0 Å². The minimum Gasteiger partial charge on any atom is -0.476 e. The summed E-state index contributed by atoms with van der Waals surface area (Å²) in [6, 6.07) is 0. The molecule has 1 saturated carbocycles. The Morgan fingerprint density at radius 3 is 2.94 bits per heavy atom. The van der Waals surface area contributed by atoms with E-state index in [2.05, 4.69) is 11.9 Å². The third kappa shape index (κ3) is 2.19. The van der Waals surface area contributed by atoms with E-state index in [4.69, 9.17) is 10.8 Å². The van der Waals surface area contributed by atoms with Crippen LogP contribution in [0.1, 0.15) is 53.9 Å². The number of carboxylic acids is 1. The summed E-state index contributed by atoms with van der Waals surface area (Å²) < 4.78 is 0. The third-order valence-corrected chi connectivity index (χ3v) is 4.23. The number of anilines is 1. The minimum absolute atomic E-state index is 0.168. The smallest absolute Gasteiger partial charge is 0.355 e. The molecule has 16 heavy (non-hydrogen) atoms. The van der Waals surface area contributed by atoms with Crippen molar-refractivity contribution < 1.29 is 9.90 Å². The molecule has 3 N–H and O–H groups in total. The number of nitrogens with two attached hydrogens (primary N) is 1. The van der Waals surface area contributed by atoms with Crippen LogP contribution in [0.15, 0.2) is 0 Å². The second-order valence-corrected chi connectivity index (χ2v) is 5.60. The first kappa shape index (κ1) is 11.4. The molecule has 0 bridgehead atoms. The molecule has 5 heteroatoms. The molecule has 4 nitrogen and oxygen atoms in total. The quantitative estimate of drug-likeness (QED) is 0.833. The van der Waals surface area contributed by atoms with Gasteiger partial charge in [-0.15, -0.1) is 11.3 Å². The topological polar surface area (TPSA) is 76.2 Å². The van der Waals surface area contributed by atoms with E-state index >= 15 is 0 Å². The summed E-state index contributed by atoms with van der Waals surface area (Å²) in [7, 11) is 0. The van der Waals surface area contributed by atoms with E-state index in [1.807, 2.05) is 0 Å². The Kier molecular flexibility index (Phi) is 3.14. The van der Waals surface area contributed by atoms with Crippen LogP contribution in [0.2, 0.25) is 0 Å². The highest BCUT2D eigenvalue weighted by Crippen LogP contribution is 2.40. The van der Waals surface area contributed by atoms with Gasteiger partial charge in [0.05, 0.1) is 0 Å². The summed E-state index contributed by atoms with van der Waals surface area (Å²) in [5, 5.41) is 9.43. The van der Waals surface area contributed by atoms with Gasteiger partial charge in [-0.25, -0.2) is 9.78 Å². The highest BCUT2D eigenvalue weighted by atomic mass is 32.1. The molecule has 0 amide bonds. The van der Waals surface area contributed by atoms with Gasteiger partial charge in [0, 0.05) is 4.88 Å². The summed E-state index contributed by atoms with van der Waals surface area (Å²) in [6.07, 6.45) is 4.53. The number of thiazole rings is 1. The van der Waals surface area contributed by atoms with Crippen molar-refractivity contribution in [3.05, 3.63) is 10.6 Å². The van der Waals surface area contributed by atoms with Crippen LogP contribution in [0.3, 0.4) is 0 Å². The maximum Gasteiger partial charge on any atom is 0.355 e. The molecule has 1 fully saturated rings. The number of hydrogen-bond donors (Lipinski definition) is 2. The average molecular weight is 240 g/mol. The predicted molar refractivity (Wildman–Crippen MR) is 63.9 cm³/mol. The molecule has 0 radical (unpaired) electrons. The zero-order valence-electron chi connectivity index (χ0n) is 9.27. The first-order chi connectivity index (χ1) is 7.58. The van der Waals surface area contributed by atoms with Gasteiger partial charge in [0.15, 0.2) is 10.8 Å². The van der Waals surface area contributed by atoms with Crippen LogP contribution in [0.4, 0.5) is 5.13 Å². The minimum atomic E-state index is -0.957. The van der Waals surface area contributed by atoms with Crippen molar-refractivity contribution in [2.45, 2.75) is 38.5 Å². The van der Waals surface area contributed by atoms with Crippen LogP contribution >= 0.6 is 11.3 Å². The Labute approximate surface area is 98.5 Å². The lowest BCUT2D eigenvalue weighted by molar-refractivity contribution is 0.0689. The van der Waals surface area contributed by atoms with Crippen LogP contribution in [-0.2, 0) is 0 Å². The lowest BCUT2D eigenvalue weighted by Gasteiger charge is -2.25. The van der Waals surface area contributed by atoms with Gasteiger partial charge < -0.3 is 10.8 Å². The van der Waals surface area contributed by atoms with Crippen molar-refractivity contribution in [1.82, 2.24) is 4.98 Å². The fourth-order valence-electron chi connectivity index (χ4n) is 2.45. The number of carbonyl (C=O) groups is 1. The van der Waals surface area contributed by atoms with E-state index in [1.54, 1.807) is 0 Å². The summed E-state index contributed by atoms with van der Waals surface area (Å²) in [6.45, 7) is 2.22. The molecule has 1 aromatic heterocycles. The molecule has 88 valence electrons. The molecule has 1 aliphatic rings. The van der Waals surface area contributed by atoms with Gasteiger partial charge in [0.1, 0.15) is 0 Å². The second-order valence-electron chi connectivity index (χ2n) is 4.54. The Bertz CT molecular complexity index is 403. The first-order valence-corrected chi connectivity index (χ1v) is 6.39. The van der Waals surface area contributed by atoms with Crippen molar-refractivity contribution in [2.75, 3.05) is 5.73 Å². The third-order valence-electron chi connectivity index (χ3n) is 3.18. The van der Waals surface area contributed by atoms with Crippen LogP contribution in [0.25, 0.3) is 0 Å². The summed E-state index contributed by atoms with van der Waals surface area (Å²) in [5.41, 5.74) is 5.77. The average Bonchev–Trinajstić information content (AvgIpc) is 2.60. The van der Waals surface area contributed by atoms with E-state index in [-0.39, 0.29) is 5.69 Å². The maximum atomic E-state index is 11.0. The fraction of sp³-hybridized carbons (Fsp3) is 0.636. The molecule has 1 heterocycles. The van der Waals surface area contributed by atoms with E-state index in [9.17, 15) is 4.79 Å².